The molecule has 2 nitrogen and oxygen atoms in total. The minimum atomic E-state index is 0.773. The third kappa shape index (κ3) is 4.18. The standard InChI is InChI=1S/C44H32N2/c45-33-16-12-27(13-17-33)37-20-22-39-35-10-3-1-6-29(35)25-41(39)43(37)31-8-5-9-32(24-31)44-38(28-14-18-34(46)19-15-28)21-23-40-36-11-4-2-7-30(36)26-42(40)44/h1-24H,25-26,45-46H2. The molecular weight excluding hydrogens is 556 g/mol. The summed E-state index contributed by atoms with van der Waals surface area (Å²) in [6.45, 7) is 0. The molecule has 9 rings (SSSR count). The van der Waals surface area contributed by atoms with Crippen molar-refractivity contribution >= 4 is 11.4 Å². The lowest BCUT2D eigenvalue weighted by molar-refractivity contribution is 1.26. The molecule has 0 heterocycles. The molecule has 0 radical (unpaired) electrons. The van der Waals surface area contributed by atoms with Crippen LogP contribution in [0.3, 0.4) is 0 Å². The second kappa shape index (κ2) is 10.4. The lowest BCUT2D eigenvalue weighted by Gasteiger charge is -2.19. The first-order valence-electron chi connectivity index (χ1n) is 15.9. The Morgan fingerprint density at radius 2 is 0.739 bits per heavy atom. The normalized spacial score (nSPS) is 12.3. The highest BCUT2D eigenvalue weighted by Crippen LogP contribution is 2.49. The van der Waals surface area contributed by atoms with Crippen molar-refractivity contribution in [3.63, 3.8) is 0 Å². The number of benzene rings is 7. The van der Waals surface area contributed by atoms with Gasteiger partial charge in [0.1, 0.15) is 0 Å². The summed E-state index contributed by atoms with van der Waals surface area (Å²) in [5.41, 5.74) is 34.5. The van der Waals surface area contributed by atoms with E-state index in [0.717, 1.165) is 24.2 Å². The van der Waals surface area contributed by atoms with Crippen LogP contribution in [0.1, 0.15) is 22.3 Å². The maximum absolute atomic E-state index is 6.13. The molecule has 218 valence electrons. The van der Waals surface area contributed by atoms with E-state index in [-0.39, 0.29) is 0 Å². The van der Waals surface area contributed by atoms with E-state index in [2.05, 4.69) is 121 Å². The van der Waals surface area contributed by atoms with Crippen molar-refractivity contribution < 1.29 is 0 Å². The SMILES string of the molecule is Nc1ccc(-c2ccc3c(c2-c2cccc(-c4c(-c5ccc(N)cc5)ccc5c4Cc4ccccc4-5)c2)Cc2ccccc2-3)cc1. The lowest BCUT2D eigenvalue weighted by atomic mass is 9.84. The summed E-state index contributed by atoms with van der Waals surface area (Å²) in [6.07, 6.45) is 1.83. The van der Waals surface area contributed by atoms with Crippen molar-refractivity contribution in [1.29, 1.82) is 0 Å². The highest BCUT2D eigenvalue weighted by atomic mass is 14.5. The first-order valence-corrected chi connectivity index (χ1v) is 15.9. The average molecular weight is 589 g/mol. The van der Waals surface area contributed by atoms with Crippen molar-refractivity contribution in [2.24, 2.45) is 0 Å². The van der Waals surface area contributed by atoms with E-state index in [0.29, 0.717) is 0 Å². The zero-order valence-electron chi connectivity index (χ0n) is 25.4. The summed E-state index contributed by atoms with van der Waals surface area (Å²) in [5, 5.41) is 0. The lowest BCUT2D eigenvalue weighted by Crippen LogP contribution is -1.96. The highest BCUT2D eigenvalue weighted by Gasteiger charge is 2.27. The molecule has 0 aromatic heterocycles. The van der Waals surface area contributed by atoms with Gasteiger partial charge in [0.2, 0.25) is 0 Å². The van der Waals surface area contributed by atoms with Crippen LogP contribution >= 0.6 is 0 Å². The van der Waals surface area contributed by atoms with Gasteiger partial charge in [-0.3, -0.25) is 0 Å². The van der Waals surface area contributed by atoms with Crippen LogP contribution in [0.4, 0.5) is 11.4 Å². The molecule has 7 aromatic rings. The van der Waals surface area contributed by atoms with Crippen LogP contribution in [-0.4, -0.2) is 0 Å². The second-order valence-electron chi connectivity index (χ2n) is 12.5. The number of rotatable bonds is 4. The summed E-state index contributed by atoms with van der Waals surface area (Å²) in [5.74, 6) is 0. The van der Waals surface area contributed by atoms with Crippen molar-refractivity contribution in [2.45, 2.75) is 12.8 Å². The van der Waals surface area contributed by atoms with E-state index >= 15 is 0 Å². The number of nitrogens with two attached hydrogens (primary N) is 2. The van der Waals surface area contributed by atoms with Gasteiger partial charge in [-0.2, -0.15) is 0 Å². The summed E-state index contributed by atoms with van der Waals surface area (Å²) in [6, 6.07) is 52.6. The summed E-state index contributed by atoms with van der Waals surface area (Å²) < 4.78 is 0. The molecule has 0 atom stereocenters. The van der Waals surface area contributed by atoms with Gasteiger partial charge in [-0.15, -0.1) is 0 Å². The molecule has 0 amide bonds. The van der Waals surface area contributed by atoms with Gasteiger partial charge >= 0.3 is 0 Å². The molecule has 4 N–H and O–H groups in total. The molecule has 0 unspecified atom stereocenters. The molecule has 7 aromatic carbocycles. The Kier molecular flexibility index (Phi) is 5.97. The van der Waals surface area contributed by atoms with Crippen molar-refractivity contribution in [2.75, 3.05) is 11.5 Å². The topological polar surface area (TPSA) is 52.0 Å². The quantitative estimate of drug-likeness (QED) is 0.201. The van der Waals surface area contributed by atoms with E-state index in [9.17, 15) is 0 Å². The van der Waals surface area contributed by atoms with Gasteiger partial charge in [-0.05, 0) is 132 Å². The molecule has 0 fully saturated rings. The van der Waals surface area contributed by atoms with Gasteiger partial charge in [0.25, 0.3) is 0 Å². The summed E-state index contributed by atoms with van der Waals surface area (Å²) >= 11 is 0. The number of hydrogen-bond donors (Lipinski definition) is 2. The first kappa shape index (κ1) is 26.5. The molecule has 0 saturated carbocycles. The zero-order chi connectivity index (χ0) is 30.8. The van der Waals surface area contributed by atoms with Gasteiger partial charge in [-0.25, -0.2) is 0 Å². The highest BCUT2D eigenvalue weighted by molar-refractivity contribution is 5.98. The average Bonchev–Trinajstić information content (AvgIpc) is 3.67. The van der Waals surface area contributed by atoms with Gasteiger partial charge in [0, 0.05) is 11.4 Å². The van der Waals surface area contributed by atoms with Crippen LogP contribution in [0.5, 0.6) is 0 Å². The van der Waals surface area contributed by atoms with E-state index in [1.54, 1.807) is 0 Å². The third-order valence-electron chi connectivity index (χ3n) is 9.86. The van der Waals surface area contributed by atoms with E-state index < -0.39 is 0 Å². The Labute approximate surface area is 269 Å². The Balaban J connectivity index is 1.29. The van der Waals surface area contributed by atoms with Gasteiger partial charge in [0.15, 0.2) is 0 Å². The molecule has 2 aliphatic rings. The molecule has 0 saturated heterocycles. The molecule has 46 heavy (non-hydrogen) atoms. The number of anilines is 2. The Hall–Kier alpha value is -5.86. The van der Waals surface area contributed by atoms with Crippen molar-refractivity contribution in [1.82, 2.24) is 0 Å². The van der Waals surface area contributed by atoms with Gasteiger partial charge < -0.3 is 11.5 Å². The largest absolute Gasteiger partial charge is 0.399 e. The summed E-state index contributed by atoms with van der Waals surface area (Å²) in [4.78, 5) is 0. The fraction of sp³-hybridized carbons (Fsp3) is 0.0455. The fourth-order valence-electron chi connectivity index (χ4n) is 7.72. The molecular formula is C44H32N2. The van der Waals surface area contributed by atoms with E-state index in [1.165, 1.54) is 89.0 Å². The summed E-state index contributed by atoms with van der Waals surface area (Å²) in [7, 11) is 0. The van der Waals surface area contributed by atoms with Crippen LogP contribution in [0.25, 0.3) is 66.8 Å². The molecule has 2 heteroatoms. The number of hydrogen-bond acceptors (Lipinski definition) is 2. The number of fused-ring (bicyclic) bond motifs is 6. The maximum atomic E-state index is 6.13. The number of nitrogen functional groups attached to an aromatic ring is 2. The first-order chi connectivity index (χ1) is 22.6. The molecule has 0 bridgehead atoms. The van der Waals surface area contributed by atoms with Crippen LogP contribution < -0.4 is 11.5 Å². The van der Waals surface area contributed by atoms with Crippen LogP contribution in [0.15, 0.2) is 146 Å². The Bertz CT molecular complexity index is 2150. The van der Waals surface area contributed by atoms with E-state index in [1.807, 2.05) is 24.3 Å². The molecule has 0 aliphatic heterocycles. The van der Waals surface area contributed by atoms with Gasteiger partial charge in [0.05, 0.1) is 0 Å². The smallest absolute Gasteiger partial charge is 0.0314 e. The fourth-order valence-corrected chi connectivity index (χ4v) is 7.72. The predicted octanol–water partition coefficient (Wildman–Crippen LogP) is 10.7. The zero-order valence-corrected chi connectivity index (χ0v) is 25.4. The minimum Gasteiger partial charge on any atom is -0.399 e. The monoisotopic (exact) mass is 588 g/mol. The van der Waals surface area contributed by atoms with E-state index in [4.69, 9.17) is 11.5 Å². The van der Waals surface area contributed by atoms with Crippen molar-refractivity contribution in [3.8, 4) is 66.8 Å². The minimum absolute atomic E-state index is 0.773. The second-order valence-corrected chi connectivity index (χ2v) is 12.5. The maximum Gasteiger partial charge on any atom is 0.0314 e. The van der Waals surface area contributed by atoms with Gasteiger partial charge in [-0.1, -0.05) is 115 Å². The van der Waals surface area contributed by atoms with Crippen LogP contribution in [0.2, 0.25) is 0 Å². The Morgan fingerprint density at radius 3 is 1.20 bits per heavy atom. The third-order valence-corrected chi connectivity index (χ3v) is 9.86. The molecule has 0 spiro atoms. The molecule has 2 aliphatic carbocycles. The van der Waals surface area contributed by atoms with Crippen molar-refractivity contribution in [3.05, 3.63) is 168 Å². The van der Waals surface area contributed by atoms with Crippen LogP contribution in [0, 0.1) is 0 Å². The van der Waals surface area contributed by atoms with Crippen LogP contribution in [-0.2, 0) is 12.8 Å². The predicted molar refractivity (Wildman–Crippen MR) is 193 cm³/mol. The Morgan fingerprint density at radius 1 is 0.326 bits per heavy atom.